The third kappa shape index (κ3) is 6.89. The quantitative estimate of drug-likeness (QED) is 0.403. The van der Waals surface area contributed by atoms with Gasteiger partial charge in [-0.2, -0.15) is 0 Å². The average Bonchev–Trinajstić information content (AvgIpc) is 3.44. The number of carbonyl (C=O) groups excluding carboxylic acids is 3. The molecule has 10 heteroatoms. The largest absolute Gasteiger partial charge is 0.497 e. The van der Waals surface area contributed by atoms with E-state index in [-0.39, 0.29) is 18.5 Å². The lowest BCUT2D eigenvalue weighted by Crippen LogP contribution is -2.50. The van der Waals surface area contributed by atoms with Gasteiger partial charge in [0.25, 0.3) is 0 Å². The van der Waals surface area contributed by atoms with Crippen molar-refractivity contribution in [2.45, 2.75) is 13.0 Å². The van der Waals surface area contributed by atoms with Crippen LogP contribution in [0, 0.1) is 0 Å². The Hall–Kier alpha value is -4.31. The summed E-state index contributed by atoms with van der Waals surface area (Å²) in [6.45, 7) is 4.75. The Bertz CT molecular complexity index is 1200. The zero-order chi connectivity index (χ0) is 26.2. The van der Waals surface area contributed by atoms with Crippen LogP contribution in [0.2, 0.25) is 0 Å². The van der Waals surface area contributed by atoms with Crippen LogP contribution in [0.25, 0.3) is 0 Å². The van der Waals surface area contributed by atoms with Crippen molar-refractivity contribution >= 4 is 34.8 Å². The van der Waals surface area contributed by atoms with Crippen LogP contribution in [0.4, 0.5) is 17.1 Å². The second-order valence-corrected chi connectivity index (χ2v) is 8.68. The number of piperazine rings is 1. The highest BCUT2D eigenvalue weighted by molar-refractivity contribution is 6.39. The molecule has 2 aromatic carbocycles. The Morgan fingerprint density at radius 3 is 2.24 bits per heavy atom. The minimum absolute atomic E-state index is 0.215. The Morgan fingerprint density at radius 2 is 1.62 bits per heavy atom. The summed E-state index contributed by atoms with van der Waals surface area (Å²) < 4.78 is 10.9. The van der Waals surface area contributed by atoms with E-state index in [9.17, 15) is 14.4 Å². The van der Waals surface area contributed by atoms with E-state index in [2.05, 4.69) is 25.8 Å². The molecule has 3 amide bonds. The zero-order valence-corrected chi connectivity index (χ0v) is 20.9. The zero-order valence-electron chi connectivity index (χ0n) is 20.9. The van der Waals surface area contributed by atoms with E-state index >= 15 is 0 Å². The number of ether oxygens (including phenoxy) is 1. The molecule has 1 aliphatic rings. The van der Waals surface area contributed by atoms with E-state index in [1.54, 1.807) is 37.6 Å². The van der Waals surface area contributed by atoms with Crippen LogP contribution in [-0.2, 0) is 14.4 Å². The number of amides is 3. The number of hydrogen-bond acceptors (Lipinski definition) is 7. The monoisotopic (exact) mass is 505 g/mol. The lowest BCUT2D eigenvalue weighted by molar-refractivity contribution is -0.136. The maximum atomic E-state index is 12.6. The van der Waals surface area contributed by atoms with Crippen LogP contribution in [0.15, 0.2) is 71.3 Å². The van der Waals surface area contributed by atoms with E-state index < -0.39 is 11.8 Å². The predicted molar refractivity (Wildman–Crippen MR) is 141 cm³/mol. The number of methoxy groups -OCH3 is 1. The van der Waals surface area contributed by atoms with Crippen molar-refractivity contribution in [1.29, 1.82) is 0 Å². The first-order valence-corrected chi connectivity index (χ1v) is 12.1. The van der Waals surface area contributed by atoms with Gasteiger partial charge in [-0.15, -0.1) is 0 Å². The lowest BCUT2D eigenvalue weighted by atomic mass is 10.1. The molecule has 1 fully saturated rings. The second kappa shape index (κ2) is 12.1. The fraction of sp³-hybridized carbons (Fsp3) is 0.296. The maximum Gasteiger partial charge on any atom is 0.313 e. The molecule has 10 nitrogen and oxygen atoms in total. The van der Waals surface area contributed by atoms with Gasteiger partial charge >= 0.3 is 11.8 Å². The van der Waals surface area contributed by atoms with Crippen LogP contribution in [0.3, 0.4) is 0 Å². The maximum absolute atomic E-state index is 12.6. The topological polar surface area (TPSA) is 116 Å². The van der Waals surface area contributed by atoms with Crippen LogP contribution in [0.1, 0.15) is 18.7 Å². The van der Waals surface area contributed by atoms with Gasteiger partial charge in [0.15, 0.2) is 0 Å². The Labute approximate surface area is 215 Å². The van der Waals surface area contributed by atoms with Crippen molar-refractivity contribution in [3.05, 3.63) is 72.7 Å². The average molecular weight is 506 g/mol. The Morgan fingerprint density at radius 1 is 0.919 bits per heavy atom. The minimum Gasteiger partial charge on any atom is -0.497 e. The highest BCUT2D eigenvalue weighted by atomic mass is 16.5. The first kappa shape index (κ1) is 25.8. The number of nitrogens with one attached hydrogen (secondary N) is 3. The molecule has 3 N–H and O–H groups in total. The summed E-state index contributed by atoms with van der Waals surface area (Å²) in [5.41, 5.74) is 2.06. The minimum atomic E-state index is -0.789. The molecule has 0 radical (unpaired) electrons. The van der Waals surface area contributed by atoms with Gasteiger partial charge < -0.3 is 30.0 Å². The van der Waals surface area contributed by atoms with Gasteiger partial charge in [0, 0.05) is 56.7 Å². The van der Waals surface area contributed by atoms with Crippen molar-refractivity contribution in [2.75, 3.05) is 55.4 Å². The molecule has 0 spiro atoms. The molecular formula is C27H31N5O5. The first-order valence-electron chi connectivity index (χ1n) is 12.1. The van der Waals surface area contributed by atoms with Gasteiger partial charge in [0.05, 0.1) is 19.4 Å². The molecule has 3 aromatic rings. The molecule has 1 atom stereocenters. The van der Waals surface area contributed by atoms with Crippen LogP contribution in [0.5, 0.6) is 5.75 Å². The van der Waals surface area contributed by atoms with Crippen LogP contribution < -0.4 is 25.6 Å². The molecule has 0 aliphatic carbocycles. The third-order valence-electron chi connectivity index (χ3n) is 6.17. The fourth-order valence-electron chi connectivity index (χ4n) is 4.31. The molecule has 37 heavy (non-hydrogen) atoms. The number of carbonyl (C=O) groups is 3. The molecule has 1 aromatic heterocycles. The van der Waals surface area contributed by atoms with Gasteiger partial charge in [-0.3, -0.25) is 19.3 Å². The van der Waals surface area contributed by atoms with E-state index in [0.29, 0.717) is 11.4 Å². The van der Waals surface area contributed by atoms with Gasteiger partial charge in [-0.25, -0.2) is 0 Å². The van der Waals surface area contributed by atoms with Crippen molar-refractivity contribution in [3.8, 4) is 5.75 Å². The summed E-state index contributed by atoms with van der Waals surface area (Å²) in [4.78, 5) is 40.9. The first-order chi connectivity index (χ1) is 17.9. The molecule has 0 saturated carbocycles. The van der Waals surface area contributed by atoms with Crippen molar-refractivity contribution in [1.82, 2.24) is 10.2 Å². The number of hydrogen-bond donors (Lipinski definition) is 3. The van der Waals surface area contributed by atoms with E-state index in [1.807, 2.05) is 36.4 Å². The Kier molecular flexibility index (Phi) is 8.42. The van der Waals surface area contributed by atoms with Gasteiger partial charge in [-0.05, 0) is 54.6 Å². The summed E-state index contributed by atoms with van der Waals surface area (Å²) in [5, 5.41) is 7.95. The molecule has 2 heterocycles. The molecule has 4 rings (SSSR count). The number of rotatable bonds is 8. The van der Waals surface area contributed by atoms with Crippen molar-refractivity contribution < 1.29 is 23.5 Å². The number of furan rings is 1. The van der Waals surface area contributed by atoms with Gasteiger partial charge in [-0.1, -0.05) is 6.07 Å². The highest BCUT2D eigenvalue weighted by Gasteiger charge is 2.28. The second-order valence-electron chi connectivity index (χ2n) is 8.68. The smallest absolute Gasteiger partial charge is 0.313 e. The molecule has 1 saturated heterocycles. The molecule has 0 bridgehead atoms. The predicted octanol–water partition coefficient (Wildman–Crippen LogP) is 2.86. The molecule has 194 valence electrons. The summed E-state index contributed by atoms with van der Waals surface area (Å²) in [5.74, 6) is -0.224. The molecule has 1 unspecified atom stereocenters. The number of benzene rings is 2. The summed E-state index contributed by atoms with van der Waals surface area (Å²) in [6, 6.07) is 18.1. The van der Waals surface area contributed by atoms with Crippen LogP contribution in [-0.4, -0.2) is 62.5 Å². The van der Waals surface area contributed by atoms with Gasteiger partial charge in [0.1, 0.15) is 11.5 Å². The van der Waals surface area contributed by atoms with Crippen molar-refractivity contribution in [3.63, 3.8) is 0 Å². The normalized spacial score (nSPS) is 14.5. The third-order valence-corrected chi connectivity index (χ3v) is 6.17. The SMILES string of the molecule is COc1ccc(N2CCN(C(CNC(=O)C(=O)Nc3cccc(NC(C)=O)c3)c3ccco3)CC2)cc1. The Balaban J connectivity index is 1.34. The lowest BCUT2D eigenvalue weighted by Gasteiger charge is -2.39. The number of anilines is 3. The van der Waals surface area contributed by atoms with E-state index in [0.717, 1.165) is 43.4 Å². The van der Waals surface area contributed by atoms with E-state index in [1.165, 1.54) is 6.92 Å². The van der Waals surface area contributed by atoms with E-state index in [4.69, 9.17) is 9.15 Å². The summed E-state index contributed by atoms with van der Waals surface area (Å²) in [7, 11) is 1.65. The fourth-order valence-corrected chi connectivity index (χ4v) is 4.31. The summed E-state index contributed by atoms with van der Waals surface area (Å²) >= 11 is 0. The molecular weight excluding hydrogens is 474 g/mol. The van der Waals surface area contributed by atoms with Crippen LogP contribution >= 0.6 is 0 Å². The molecule has 1 aliphatic heterocycles. The van der Waals surface area contributed by atoms with Gasteiger partial charge in [0.2, 0.25) is 5.91 Å². The highest BCUT2D eigenvalue weighted by Crippen LogP contribution is 2.25. The van der Waals surface area contributed by atoms with Crippen molar-refractivity contribution in [2.24, 2.45) is 0 Å². The standard InChI is InChI=1S/C27H31N5O5/c1-19(33)29-20-5-3-6-21(17-20)30-27(35)26(34)28-18-24(25-7-4-16-37-25)32-14-12-31(13-15-32)22-8-10-23(36-2)11-9-22/h3-11,16-17,24H,12-15,18H2,1-2H3,(H,28,34)(H,29,33)(H,30,35). The summed E-state index contributed by atoms with van der Waals surface area (Å²) in [6.07, 6.45) is 1.60. The number of nitrogens with zero attached hydrogens (tertiary/aromatic N) is 2.